The van der Waals surface area contributed by atoms with Crippen molar-refractivity contribution in [3.05, 3.63) is 58.4 Å². The molecule has 134 valence electrons. The first-order chi connectivity index (χ1) is 12.5. The third kappa shape index (κ3) is 3.32. The number of methoxy groups -OCH3 is 3. The molecule has 0 unspecified atom stereocenters. The van der Waals surface area contributed by atoms with Crippen LogP contribution in [0.1, 0.15) is 10.4 Å². The van der Waals surface area contributed by atoms with Gasteiger partial charge in [-0.15, -0.1) is 0 Å². The molecule has 0 fully saturated rings. The molecule has 0 aliphatic rings. The standard InChI is InChI=1S/C19H17NO6/c1-23-11-5-7-16(25-3)15(8-11)20-19(22)14-10-18(21)26-17-9-12(24-2)4-6-13(14)17/h4-10H,1-3H3,(H,20,22). The molecular weight excluding hydrogens is 338 g/mol. The summed E-state index contributed by atoms with van der Waals surface area (Å²) in [5.41, 5.74) is 0.239. The Bertz CT molecular complexity index is 1020. The molecular formula is C19H17NO6. The minimum Gasteiger partial charge on any atom is -0.497 e. The summed E-state index contributed by atoms with van der Waals surface area (Å²) in [5.74, 6) is 1.07. The average molecular weight is 355 g/mol. The molecule has 1 amide bonds. The van der Waals surface area contributed by atoms with Gasteiger partial charge < -0.3 is 23.9 Å². The highest BCUT2D eigenvalue weighted by Gasteiger charge is 2.16. The number of carbonyl (C=O) groups excluding carboxylic acids is 1. The molecule has 2 aromatic carbocycles. The Morgan fingerprint density at radius 2 is 1.62 bits per heavy atom. The number of anilines is 1. The minimum absolute atomic E-state index is 0.184. The second-order valence-corrected chi connectivity index (χ2v) is 5.36. The van der Waals surface area contributed by atoms with Crippen molar-refractivity contribution in [2.24, 2.45) is 0 Å². The topological polar surface area (TPSA) is 87.0 Å². The van der Waals surface area contributed by atoms with Crippen LogP contribution >= 0.6 is 0 Å². The normalized spacial score (nSPS) is 10.4. The highest BCUT2D eigenvalue weighted by Crippen LogP contribution is 2.30. The summed E-state index contributed by atoms with van der Waals surface area (Å²) in [6, 6.07) is 11.1. The van der Waals surface area contributed by atoms with Gasteiger partial charge in [0.1, 0.15) is 22.8 Å². The Morgan fingerprint density at radius 3 is 2.31 bits per heavy atom. The number of rotatable bonds is 5. The minimum atomic E-state index is -0.631. The van der Waals surface area contributed by atoms with Crippen molar-refractivity contribution >= 4 is 22.6 Å². The maximum atomic E-state index is 12.8. The fourth-order valence-electron chi connectivity index (χ4n) is 2.56. The van der Waals surface area contributed by atoms with Crippen molar-refractivity contribution in [1.29, 1.82) is 0 Å². The van der Waals surface area contributed by atoms with E-state index in [0.717, 1.165) is 6.07 Å². The van der Waals surface area contributed by atoms with Crippen LogP contribution in [-0.4, -0.2) is 27.2 Å². The van der Waals surface area contributed by atoms with Crippen LogP contribution in [0.15, 0.2) is 51.7 Å². The molecule has 0 aliphatic carbocycles. The number of ether oxygens (including phenoxy) is 3. The van der Waals surface area contributed by atoms with Crippen molar-refractivity contribution in [2.75, 3.05) is 26.6 Å². The molecule has 0 saturated carbocycles. The Morgan fingerprint density at radius 1 is 0.923 bits per heavy atom. The predicted molar refractivity (Wildman–Crippen MR) is 96.5 cm³/mol. The monoisotopic (exact) mass is 355 g/mol. The second-order valence-electron chi connectivity index (χ2n) is 5.36. The van der Waals surface area contributed by atoms with Gasteiger partial charge in [-0.3, -0.25) is 4.79 Å². The number of hydrogen-bond acceptors (Lipinski definition) is 6. The molecule has 3 aromatic rings. The van der Waals surface area contributed by atoms with E-state index in [2.05, 4.69) is 5.32 Å². The van der Waals surface area contributed by atoms with E-state index >= 15 is 0 Å². The zero-order valence-corrected chi connectivity index (χ0v) is 14.5. The van der Waals surface area contributed by atoms with E-state index < -0.39 is 11.5 Å². The van der Waals surface area contributed by atoms with Crippen LogP contribution < -0.4 is 25.2 Å². The molecule has 1 N–H and O–H groups in total. The van der Waals surface area contributed by atoms with Crippen LogP contribution in [0.25, 0.3) is 11.0 Å². The quantitative estimate of drug-likeness (QED) is 0.708. The molecule has 1 aromatic heterocycles. The third-order valence-electron chi connectivity index (χ3n) is 3.85. The van der Waals surface area contributed by atoms with E-state index in [4.69, 9.17) is 18.6 Å². The van der Waals surface area contributed by atoms with Crippen molar-refractivity contribution < 1.29 is 23.4 Å². The molecule has 0 atom stereocenters. The van der Waals surface area contributed by atoms with Gasteiger partial charge in [-0.25, -0.2) is 4.79 Å². The smallest absolute Gasteiger partial charge is 0.337 e. The Balaban J connectivity index is 2.04. The predicted octanol–water partition coefficient (Wildman–Crippen LogP) is 3.07. The van der Waals surface area contributed by atoms with Crippen LogP contribution in [0.4, 0.5) is 5.69 Å². The van der Waals surface area contributed by atoms with Crippen LogP contribution in [-0.2, 0) is 0 Å². The summed E-state index contributed by atoms with van der Waals surface area (Å²) < 4.78 is 20.7. The lowest BCUT2D eigenvalue weighted by molar-refractivity contribution is 0.102. The highest BCUT2D eigenvalue weighted by molar-refractivity contribution is 6.12. The lowest BCUT2D eigenvalue weighted by Gasteiger charge is -2.12. The summed E-state index contributed by atoms with van der Waals surface area (Å²) in [6.45, 7) is 0. The van der Waals surface area contributed by atoms with Gasteiger partial charge in [0.05, 0.1) is 32.6 Å². The van der Waals surface area contributed by atoms with Crippen LogP contribution in [0, 0.1) is 0 Å². The average Bonchev–Trinajstić information content (AvgIpc) is 2.66. The van der Waals surface area contributed by atoms with Gasteiger partial charge in [0.25, 0.3) is 5.91 Å². The second kappa shape index (κ2) is 7.18. The van der Waals surface area contributed by atoms with E-state index in [-0.39, 0.29) is 11.1 Å². The molecule has 0 saturated heterocycles. The summed E-state index contributed by atoms with van der Waals surface area (Å²) in [4.78, 5) is 24.6. The fourth-order valence-corrected chi connectivity index (χ4v) is 2.56. The lowest BCUT2D eigenvalue weighted by Crippen LogP contribution is -2.15. The maximum absolute atomic E-state index is 12.8. The van der Waals surface area contributed by atoms with Gasteiger partial charge in [-0.2, -0.15) is 0 Å². The van der Waals surface area contributed by atoms with Gasteiger partial charge in [-0.05, 0) is 24.3 Å². The largest absolute Gasteiger partial charge is 0.497 e. The molecule has 7 nitrogen and oxygen atoms in total. The van der Waals surface area contributed by atoms with Gasteiger partial charge in [0, 0.05) is 23.6 Å². The molecule has 7 heteroatoms. The SMILES string of the molecule is COc1ccc(OC)c(NC(=O)c2cc(=O)oc3cc(OC)ccc23)c1. The summed E-state index contributed by atoms with van der Waals surface area (Å²) in [5, 5.41) is 3.24. The molecule has 0 spiro atoms. The Labute approximate surface area is 149 Å². The van der Waals surface area contributed by atoms with E-state index in [1.807, 2.05) is 0 Å². The maximum Gasteiger partial charge on any atom is 0.337 e. The number of benzene rings is 2. The van der Waals surface area contributed by atoms with E-state index in [0.29, 0.717) is 28.3 Å². The first-order valence-corrected chi connectivity index (χ1v) is 7.71. The Kier molecular flexibility index (Phi) is 4.79. The van der Waals surface area contributed by atoms with Gasteiger partial charge in [-0.1, -0.05) is 0 Å². The molecule has 0 bridgehead atoms. The number of carbonyl (C=O) groups is 1. The number of nitrogens with one attached hydrogen (secondary N) is 1. The molecule has 26 heavy (non-hydrogen) atoms. The summed E-state index contributed by atoms with van der Waals surface area (Å²) >= 11 is 0. The highest BCUT2D eigenvalue weighted by atomic mass is 16.5. The first-order valence-electron chi connectivity index (χ1n) is 7.71. The molecule has 0 radical (unpaired) electrons. The zero-order valence-electron chi connectivity index (χ0n) is 14.5. The van der Waals surface area contributed by atoms with Crippen molar-refractivity contribution in [1.82, 2.24) is 0 Å². The Hall–Kier alpha value is -3.48. The van der Waals surface area contributed by atoms with Crippen LogP contribution in [0.5, 0.6) is 17.2 Å². The van der Waals surface area contributed by atoms with Gasteiger partial charge >= 0.3 is 5.63 Å². The lowest BCUT2D eigenvalue weighted by atomic mass is 10.1. The fraction of sp³-hybridized carbons (Fsp3) is 0.158. The van der Waals surface area contributed by atoms with Gasteiger partial charge in [0.15, 0.2) is 0 Å². The van der Waals surface area contributed by atoms with E-state index in [1.54, 1.807) is 36.4 Å². The molecule has 0 aliphatic heterocycles. The zero-order chi connectivity index (χ0) is 18.7. The van der Waals surface area contributed by atoms with Crippen molar-refractivity contribution in [3.8, 4) is 17.2 Å². The summed E-state index contributed by atoms with van der Waals surface area (Å²) in [7, 11) is 4.53. The first kappa shape index (κ1) is 17.3. The summed E-state index contributed by atoms with van der Waals surface area (Å²) in [6.07, 6.45) is 0. The van der Waals surface area contributed by atoms with Crippen molar-refractivity contribution in [3.63, 3.8) is 0 Å². The van der Waals surface area contributed by atoms with E-state index in [1.165, 1.54) is 21.3 Å². The molecule has 3 rings (SSSR count). The van der Waals surface area contributed by atoms with Crippen LogP contribution in [0.2, 0.25) is 0 Å². The number of fused-ring (bicyclic) bond motifs is 1. The third-order valence-corrected chi connectivity index (χ3v) is 3.85. The molecule has 1 heterocycles. The number of hydrogen-bond donors (Lipinski definition) is 1. The van der Waals surface area contributed by atoms with E-state index in [9.17, 15) is 9.59 Å². The van der Waals surface area contributed by atoms with Gasteiger partial charge in [0.2, 0.25) is 0 Å². The van der Waals surface area contributed by atoms with Crippen molar-refractivity contribution in [2.45, 2.75) is 0 Å². The van der Waals surface area contributed by atoms with Crippen LogP contribution in [0.3, 0.4) is 0 Å². The number of amides is 1.